The number of para-hydroxylation sites is 1. The second kappa shape index (κ2) is 22.5. The monoisotopic (exact) mass is 1110 g/mol. The van der Waals surface area contributed by atoms with Gasteiger partial charge < -0.3 is 23.8 Å². The van der Waals surface area contributed by atoms with Crippen molar-refractivity contribution in [1.82, 2.24) is 3.74 Å². The van der Waals surface area contributed by atoms with Crippen molar-refractivity contribution in [1.29, 1.82) is 0 Å². The summed E-state index contributed by atoms with van der Waals surface area (Å²) in [5, 5.41) is 8.01. The minimum Gasteiger partial charge on any atom is -0.427 e. The highest BCUT2D eigenvalue weighted by molar-refractivity contribution is 8.47. The molecule has 0 spiro atoms. The Kier molecular flexibility index (Phi) is 15.5. The summed E-state index contributed by atoms with van der Waals surface area (Å²) in [6.45, 7) is 7.79. The summed E-state index contributed by atoms with van der Waals surface area (Å²) in [7, 11) is -16.0. The van der Waals surface area contributed by atoms with Crippen molar-refractivity contribution in [3.63, 3.8) is 0 Å². The van der Waals surface area contributed by atoms with Crippen LogP contribution in [0.25, 0.3) is 43.1 Å². The maximum atomic E-state index is 14.9. The molecule has 0 bridgehead atoms. The van der Waals surface area contributed by atoms with Gasteiger partial charge in [0.15, 0.2) is 8.24 Å². The summed E-state index contributed by atoms with van der Waals surface area (Å²) in [5.74, 6) is 2.00. The van der Waals surface area contributed by atoms with Crippen LogP contribution in [-0.4, -0.2) is 28.8 Å². The number of aryl methyl sites for hydroxylation is 2. The van der Waals surface area contributed by atoms with E-state index in [1.807, 2.05) is 203 Å². The Morgan fingerprint density at radius 1 is 0.390 bits per heavy atom. The van der Waals surface area contributed by atoms with Crippen LogP contribution in [0, 0.1) is 13.8 Å². The van der Waals surface area contributed by atoms with E-state index in [9.17, 15) is 16.8 Å². The van der Waals surface area contributed by atoms with Crippen molar-refractivity contribution in [2.45, 2.75) is 36.7 Å². The first-order valence-corrected chi connectivity index (χ1v) is 33.5. The van der Waals surface area contributed by atoms with Crippen LogP contribution in [0.4, 0.5) is 5.69 Å². The highest BCUT2D eigenvalue weighted by Gasteiger charge is 2.50. The molecule has 0 aromatic heterocycles. The predicted molar refractivity (Wildman–Crippen MR) is 319 cm³/mol. The van der Waals surface area contributed by atoms with E-state index in [1.54, 1.807) is 66.7 Å². The molecule has 10 nitrogen and oxygen atoms in total. The van der Waals surface area contributed by atoms with Gasteiger partial charge in [0.25, 0.3) is 9.46 Å². The summed E-state index contributed by atoms with van der Waals surface area (Å²) in [6.07, 6.45) is 0. The number of anilines is 1. The van der Waals surface area contributed by atoms with Crippen LogP contribution in [0.5, 0.6) is 23.0 Å². The van der Waals surface area contributed by atoms with E-state index in [-0.39, 0.29) is 9.79 Å². The zero-order valence-corrected chi connectivity index (χ0v) is 47.0. The predicted octanol–water partition coefficient (Wildman–Crippen LogP) is 15.8. The Morgan fingerprint density at radius 3 is 1.10 bits per heavy atom. The highest BCUT2D eigenvalue weighted by Crippen LogP contribution is 2.54. The van der Waals surface area contributed by atoms with Gasteiger partial charge in [-0.25, -0.2) is 16.8 Å². The second-order valence-electron chi connectivity index (χ2n) is 18.7. The molecule has 2 N–H and O–H groups in total. The SMILES string of the molecule is Cc1ccc(S(=O)(=O)N(P(Oc2cccc3ccccc23)Oc2cccc3ccccc23)[Si](C)(C)c2ccccc2N)cc1.Cc1ccc(S(=O)(=O)P(Oc2cccc3ccccc23)Oc2cccc3ccccc23)cc1. The minimum atomic E-state index is -4.17. The first kappa shape index (κ1) is 52.8. The topological polar surface area (TPSA) is 134 Å². The summed E-state index contributed by atoms with van der Waals surface area (Å²) >= 11 is 0. The van der Waals surface area contributed by atoms with Crippen LogP contribution in [-0.2, 0) is 19.5 Å². The van der Waals surface area contributed by atoms with E-state index < -0.39 is 43.8 Å². The van der Waals surface area contributed by atoms with E-state index in [1.165, 1.54) is 3.74 Å². The van der Waals surface area contributed by atoms with Crippen molar-refractivity contribution in [3.05, 3.63) is 254 Å². The number of nitrogen functional groups attached to an aromatic ring is 1. The molecule has 386 valence electrons. The molecule has 77 heavy (non-hydrogen) atoms. The maximum Gasteiger partial charge on any atom is 0.426 e. The van der Waals surface area contributed by atoms with Gasteiger partial charge >= 0.3 is 16.1 Å². The zero-order chi connectivity index (χ0) is 53.7. The molecule has 0 amide bonds. The third-order valence-corrected chi connectivity index (χ3v) is 27.4. The molecule has 0 atom stereocenters. The lowest BCUT2D eigenvalue weighted by Gasteiger charge is -2.39. The van der Waals surface area contributed by atoms with Crippen molar-refractivity contribution in [2.75, 3.05) is 5.73 Å². The lowest BCUT2D eigenvalue weighted by molar-refractivity contribution is 0.462. The van der Waals surface area contributed by atoms with Gasteiger partial charge in [0.05, 0.1) is 9.79 Å². The lowest BCUT2D eigenvalue weighted by Crippen LogP contribution is -2.58. The van der Waals surface area contributed by atoms with Gasteiger partial charge in [0.1, 0.15) is 23.0 Å². The second-order valence-corrected chi connectivity index (χ2v) is 31.4. The smallest absolute Gasteiger partial charge is 0.426 e. The molecule has 0 saturated heterocycles. The number of rotatable bonds is 15. The molecule has 0 aliphatic heterocycles. The lowest BCUT2D eigenvalue weighted by atomic mass is 10.1. The molecule has 0 heterocycles. The van der Waals surface area contributed by atoms with Gasteiger partial charge in [0.2, 0.25) is 10.0 Å². The summed E-state index contributed by atoms with van der Waals surface area (Å²) in [6, 6.07) is 74.9. The molecular weight excluding hydrogens is 1050 g/mol. The summed E-state index contributed by atoms with van der Waals surface area (Å²) < 4.78 is 84.7. The third kappa shape index (κ3) is 11.3. The normalized spacial score (nSPS) is 12.0. The molecule has 11 aromatic carbocycles. The average molecular weight is 1110 g/mol. The first-order chi connectivity index (χ1) is 37.2. The van der Waals surface area contributed by atoms with Crippen molar-refractivity contribution >= 4 is 97.8 Å². The minimum absolute atomic E-state index is 0.161. The van der Waals surface area contributed by atoms with E-state index in [4.69, 9.17) is 23.8 Å². The fraction of sp³-hybridized carbons (Fsp3) is 0.0645. The van der Waals surface area contributed by atoms with E-state index in [0.717, 1.165) is 59.4 Å². The summed E-state index contributed by atoms with van der Waals surface area (Å²) in [5.41, 5.74) is 9.00. The Morgan fingerprint density at radius 2 is 0.714 bits per heavy atom. The Bertz CT molecular complexity index is 3970. The largest absolute Gasteiger partial charge is 0.427 e. The number of benzene rings is 11. The standard InChI is InChI=1S/C35H33N2O4PSSi.C27H21O4PS/c1-26-22-24-29(25-23-26)43(38,39)37(44(2,3)35-21-9-8-18-32(35)36)42(40-33-19-10-14-27-12-4-6-16-30(27)33)41-34-20-11-15-28-13-5-7-17-31(28)34;1-20-16-18-23(19-17-20)33(28,29)32(30-26-14-6-10-21-8-2-4-12-24(21)26)31-27-15-7-11-22-9-3-5-13-25(22)27/h4-25H,36H2,1-3H3;2-19H,1H3. The number of hydrogen-bond acceptors (Lipinski definition) is 9. The van der Waals surface area contributed by atoms with Crippen molar-refractivity contribution in [3.8, 4) is 23.0 Å². The van der Waals surface area contributed by atoms with Gasteiger partial charge in [0, 0.05) is 27.2 Å². The number of hydrogen-bond donors (Lipinski definition) is 1. The van der Waals surface area contributed by atoms with Gasteiger partial charge in [-0.05, 0) is 95.2 Å². The van der Waals surface area contributed by atoms with Crippen molar-refractivity contribution in [2.24, 2.45) is 0 Å². The molecule has 11 rings (SSSR count). The number of sulfonamides is 1. The molecular formula is C62H54N2O8P2S2Si. The van der Waals surface area contributed by atoms with E-state index in [0.29, 0.717) is 28.7 Å². The van der Waals surface area contributed by atoms with Gasteiger partial charge in [-0.15, -0.1) is 3.74 Å². The highest BCUT2D eigenvalue weighted by atomic mass is 32.8. The molecule has 0 radical (unpaired) electrons. The summed E-state index contributed by atoms with van der Waals surface area (Å²) in [4.78, 5) is 0.327. The van der Waals surface area contributed by atoms with E-state index in [2.05, 4.69) is 0 Å². The number of nitrogens with zero attached hydrogens (tertiary/aromatic N) is 1. The fourth-order valence-electron chi connectivity index (χ4n) is 9.00. The Balaban J connectivity index is 0.000000182. The van der Waals surface area contributed by atoms with Crippen LogP contribution in [0.15, 0.2) is 252 Å². The number of nitrogens with two attached hydrogens (primary N) is 1. The molecule has 0 aliphatic carbocycles. The van der Waals surface area contributed by atoms with Crippen LogP contribution in [0.1, 0.15) is 11.1 Å². The number of fused-ring (bicyclic) bond motifs is 4. The molecule has 15 heteroatoms. The zero-order valence-electron chi connectivity index (χ0n) is 42.6. The van der Waals surface area contributed by atoms with Crippen LogP contribution in [0.2, 0.25) is 13.1 Å². The van der Waals surface area contributed by atoms with Gasteiger partial charge in [-0.3, -0.25) is 0 Å². The maximum absolute atomic E-state index is 14.9. The first-order valence-electron chi connectivity index (χ1n) is 24.7. The fourth-order valence-corrected chi connectivity index (χ4v) is 21.9. The Labute approximate surface area is 453 Å². The third-order valence-electron chi connectivity index (χ3n) is 13.0. The van der Waals surface area contributed by atoms with Gasteiger partial charge in [-0.1, -0.05) is 212 Å². The van der Waals surface area contributed by atoms with E-state index >= 15 is 0 Å². The molecule has 0 fully saturated rings. The quantitative estimate of drug-likeness (QED) is 0.0605. The molecule has 0 saturated carbocycles. The van der Waals surface area contributed by atoms with Gasteiger partial charge in [-0.2, -0.15) is 0 Å². The van der Waals surface area contributed by atoms with Crippen molar-refractivity contribution < 1.29 is 34.9 Å². The molecule has 11 aromatic rings. The molecule has 0 aliphatic rings. The van der Waals surface area contributed by atoms with Crippen LogP contribution >= 0.6 is 16.1 Å². The van der Waals surface area contributed by atoms with Crippen LogP contribution < -0.4 is 29.0 Å². The average Bonchev–Trinajstić information content (AvgIpc) is 3.50. The van der Waals surface area contributed by atoms with Crippen LogP contribution in [0.3, 0.4) is 0 Å². The molecule has 0 unspecified atom stereocenters. The Hall–Kier alpha value is -7.60.